The lowest BCUT2D eigenvalue weighted by atomic mass is 9.93. The van der Waals surface area contributed by atoms with Crippen molar-refractivity contribution in [1.29, 1.82) is 0 Å². The fourth-order valence-corrected chi connectivity index (χ4v) is 3.69. The Bertz CT molecular complexity index is 587. The van der Waals surface area contributed by atoms with E-state index in [-0.39, 0.29) is 18.3 Å². The Morgan fingerprint density at radius 1 is 1.33 bits per heavy atom. The minimum absolute atomic E-state index is 0.0359. The van der Waals surface area contributed by atoms with Crippen molar-refractivity contribution in [2.24, 2.45) is 11.8 Å². The number of benzene rings is 1. The number of unbranched alkanes of at least 4 members (excludes halogenated alkanes) is 1. The quantitative estimate of drug-likeness (QED) is 0.767. The Hall–Kier alpha value is -1.62. The maximum atomic E-state index is 13.5. The van der Waals surface area contributed by atoms with Gasteiger partial charge in [-0.1, -0.05) is 26.7 Å². The van der Waals surface area contributed by atoms with E-state index in [0.29, 0.717) is 23.9 Å². The van der Waals surface area contributed by atoms with E-state index in [9.17, 15) is 9.18 Å². The van der Waals surface area contributed by atoms with Gasteiger partial charge in [-0.25, -0.2) is 4.39 Å². The van der Waals surface area contributed by atoms with Crippen LogP contribution in [-0.4, -0.2) is 43.6 Å². The molecule has 5 heteroatoms. The number of nitrogens with zero attached hydrogens (tertiary/aromatic N) is 2. The first-order valence-electron chi connectivity index (χ1n) is 9.02. The predicted octanol–water partition coefficient (Wildman–Crippen LogP) is 3.31. The normalized spacial score (nSPS) is 19.6. The molecule has 1 unspecified atom stereocenters. The number of carbonyl (C=O) groups is 1. The summed E-state index contributed by atoms with van der Waals surface area (Å²) in [5, 5.41) is 0. The summed E-state index contributed by atoms with van der Waals surface area (Å²) in [5.41, 5.74) is 0.558. The highest BCUT2D eigenvalue weighted by Crippen LogP contribution is 2.33. The molecule has 3 rings (SSSR count). The molecule has 2 heterocycles. The smallest absolute Gasteiger partial charge is 0.265 e. The Balaban J connectivity index is 1.54. The predicted molar refractivity (Wildman–Crippen MR) is 92.9 cm³/mol. The zero-order valence-corrected chi connectivity index (χ0v) is 14.6. The van der Waals surface area contributed by atoms with Crippen molar-refractivity contribution in [3.63, 3.8) is 0 Å². The number of anilines is 1. The number of ether oxygens (including phenoxy) is 1. The van der Waals surface area contributed by atoms with Gasteiger partial charge >= 0.3 is 0 Å². The van der Waals surface area contributed by atoms with Crippen LogP contribution in [0, 0.1) is 17.7 Å². The van der Waals surface area contributed by atoms with E-state index in [1.54, 1.807) is 11.0 Å². The van der Waals surface area contributed by atoms with Crippen LogP contribution in [0.25, 0.3) is 0 Å². The first-order chi connectivity index (χ1) is 11.6. The molecule has 1 fully saturated rings. The summed E-state index contributed by atoms with van der Waals surface area (Å²) >= 11 is 0. The number of halogens is 1. The molecule has 2 aliphatic heterocycles. The number of carbonyl (C=O) groups excluding carboxylic acids is 1. The fraction of sp³-hybridized carbons (Fsp3) is 0.632. The Kier molecular flexibility index (Phi) is 5.39. The molecule has 0 spiro atoms. The van der Waals surface area contributed by atoms with Crippen molar-refractivity contribution in [3.8, 4) is 5.75 Å². The molecule has 0 aromatic heterocycles. The SMILES string of the molecule is CCCCC1CN(CC(C)CN2C(=O)COc3ccc(F)cc32)C1. The second kappa shape index (κ2) is 7.51. The number of rotatable bonds is 7. The number of likely N-dealkylation sites (tertiary alicyclic amines) is 1. The van der Waals surface area contributed by atoms with Crippen LogP contribution in [0.2, 0.25) is 0 Å². The zero-order chi connectivity index (χ0) is 17.1. The standard InChI is InChI=1S/C19H27FN2O2/c1-3-4-5-15-11-21(12-15)9-14(2)10-22-17-8-16(20)6-7-18(17)24-13-19(22)23/h6-8,14-15H,3-5,9-13H2,1-2H3. The Morgan fingerprint density at radius 2 is 2.12 bits per heavy atom. The largest absolute Gasteiger partial charge is 0.482 e. The number of hydrogen-bond donors (Lipinski definition) is 0. The van der Waals surface area contributed by atoms with Gasteiger partial charge in [0.05, 0.1) is 5.69 Å². The summed E-state index contributed by atoms with van der Waals surface area (Å²) in [6, 6.07) is 4.36. The second-order valence-corrected chi connectivity index (χ2v) is 7.24. The van der Waals surface area contributed by atoms with Gasteiger partial charge in [0.2, 0.25) is 0 Å². The Morgan fingerprint density at radius 3 is 2.88 bits per heavy atom. The molecule has 132 valence electrons. The van der Waals surface area contributed by atoms with Crippen LogP contribution in [0.5, 0.6) is 5.75 Å². The van der Waals surface area contributed by atoms with Crippen LogP contribution in [-0.2, 0) is 4.79 Å². The molecule has 0 radical (unpaired) electrons. The maximum absolute atomic E-state index is 13.5. The van der Waals surface area contributed by atoms with Crippen LogP contribution in [0.3, 0.4) is 0 Å². The van der Waals surface area contributed by atoms with Crippen molar-refractivity contribution >= 4 is 11.6 Å². The van der Waals surface area contributed by atoms with E-state index in [0.717, 1.165) is 12.5 Å². The van der Waals surface area contributed by atoms with Gasteiger partial charge in [-0.15, -0.1) is 0 Å². The van der Waals surface area contributed by atoms with Crippen LogP contribution in [0.4, 0.5) is 10.1 Å². The summed E-state index contributed by atoms with van der Waals surface area (Å²) in [5.74, 6) is 1.34. The summed E-state index contributed by atoms with van der Waals surface area (Å²) in [6.07, 6.45) is 3.91. The molecule has 1 aromatic carbocycles. The van der Waals surface area contributed by atoms with E-state index >= 15 is 0 Å². The summed E-state index contributed by atoms with van der Waals surface area (Å²) < 4.78 is 18.9. The molecule has 1 atom stereocenters. The lowest BCUT2D eigenvalue weighted by molar-refractivity contribution is -0.121. The molecule has 1 aromatic rings. The van der Waals surface area contributed by atoms with Gasteiger partial charge in [0.25, 0.3) is 5.91 Å². The fourth-order valence-electron chi connectivity index (χ4n) is 3.69. The summed E-state index contributed by atoms with van der Waals surface area (Å²) in [7, 11) is 0. The molecule has 24 heavy (non-hydrogen) atoms. The second-order valence-electron chi connectivity index (χ2n) is 7.24. The first-order valence-corrected chi connectivity index (χ1v) is 9.02. The van der Waals surface area contributed by atoms with E-state index in [1.165, 1.54) is 44.5 Å². The molecule has 0 bridgehead atoms. The van der Waals surface area contributed by atoms with Crippen molar-refractivity contribution in [3.05, 3.63) is 24.0 Å². The highest BCUT2D eigenvalue weighted by Gasteiger charge is 2.30. The lowest BCUT2D eigenvalue weighted by Crippen LogP contribution is -2.50. The van der Waals surface area contributed by atoms with Gasteiger partial charge in [-0.2, -0.15) is 0 Å². The van der Waals surface area contributed by atoms with Crippen molar-refractivity contribution in [2.45, 2.75) is 33.1 Å². The number of hydrogen-bond acceptors (Lipinski definition) is 3. The number of amides is 1. The first kappa shape index (κ1) is 17.2. The van der Waals surface area contributed by atoms with Gasteiger partial charge in [0.1, 0.15) is 11.6 Å². The summed E-state index contributed by atoms with van der Waals surface area (Å²) in [4.78, 5) is 16.4. The highest BCUT2D eigenvalue weighted by molar-refractivity contribution is 5.97. The van der Waals surface area contributed by atoms with Crippen LogP contribution in [0.1, 0.15) is 33.1 Å². The molecule has 0 aliphatic carbocycles. The average Bonchev–Trinajstić information content (AvgIpc) is 2.52. The van der Waals surface area contributed by atoms with Gasteiger partial charge in [0.15, 0.2) is 6.61 Å². The van der Waals surface area contributed by atoms with Gasteiger partial charge < -0.3 is 14.5 Å². The molecule has 2 aliphatic rings. The molecule has 1 amide bonds. The maximum Gasteiger partial charge on any atom is 0.265 e. The molecule has 1 saturated heterocycles. The van der Waals surface area contributed by atoms with E-state index in [1.807, 2.05) is 0 Å². The van der Waals surface area contributed by atoms with Crippen molar-refractivity contribution in [1.82, 2.24) is 4.90 Å². The topological polar surface area (TPSA) is 32.8 Å². The van der Waals surface area contributed by atoms with Crippen molar-refractivity contribution < 1.29 is 13.9 Å². The number of fused-ring (bicyclic) bond motifs is 1. The van der Waals surface area contributed by atoms with Crippen LogP contribution in [0.15, 0.2) is 18.2 Å². The lowest BCUT2D eigenvalue weighted by Gasteiger charge is -2.41. The van der Waals surface area contributed by atoms with E-state index in [4.69, 9.17) is 4.74 Å². The third kappa shape index (κ3) is 3.89. The molecule has 4 nitrogen and oxygen atoms in total. The molecule has 0 N–H and O–H groups in total. The molecular weight excluding hydrogens is 307 g/mol. The molecular formula is C19H27FN2O2. The van der Waals surface area contributed by atoms with E-state index < -0.39 is 0 Å². The monoisotopic (exact) mass is 334 g/mol. The van der Waals surface area contributed by atoms with Crippen LogP contribution < -0.4 is 9.64 Å². The third-order valence-corrected chi connectivity index (χ3v) is 4.93. The minimum Gasteiger partial charge on any atom is -0.482 e. The van der Waals surface area contributed by atoms with Crippen LogP contribution >= 0.6 is 0 Å². The van der Waals surface area contributed by atoms with Gasteiger partial charge in [-0.3, -0.25) is 4.79 Å². The van der Waals surface area contributed by atoms with Gasteiger partial charge in [-0.05, 0) is 30.4 Å². The zero-order valence-electron chi connectivity index (χ0n) is 14.6. The molecule has 0 saturated carbocycles. The minimum atomic E-state index is -0.341. The highest BCUT2D eigenvalue weighted by atomic mass is 19.1. The Labute approximate surface area is 143 Å². The van der Waals surface area contributed by atoms with E-state index in [2.05, 4.69) is 18.7 Å². The van der Waals surface area contributed by atoms with Gasteiger partial charge in [0, 0.05) is 32.2 Å². The third-order valence-electron chi connectivity index (χ3n) is 4.93. The average molecular weight is 334 g/mol. The van der Waals surface area contributed by atoms with Crippen molar-refractivity contribution in [2.75, 3.05) is 37.7 Å². The summed E-state index contributed by atoms with van der Waals surface area (Å²) in [6.45, 7) is 8.36.